The topological polar surface area (TPSA) is 125 Å². The largest absolute Gasteiger partial charge is 0.455 e. The first-order chi connectivity index (χ1) is 22.2. The maximum absolute atomic E-state index is 14.8. The summed E-state index contributed by atoms with van der Waals surface area (Å²) in [5.41, 5.74) is -0.141. The Morgan fingerprint density at radius 3 is 2.35 bits per heavy atom. The summed E-state index contributed by atoms with van der Waals surface area (Å²) < 4.78 is 13.0. The molecule has 4 aliphatic heterocycles. The Labute approximate surface area is 269 Å². The zero-order valence-electron chi connectivity index (χ0n) is 26.3. The normalized spacial score (nSPS) is 32.8. The van der Waals surface area contributed by atoms with E-state index in [-0.39, 0.29) is 24.3 Å². The van der Waals surface area contributed by atoms with Crippen molar-refractivity contribution in [3.05, 3.63) is 96.1 Å². The Balaban J connectivity index is 1.49. The molecule has 2 aromatic carbocycles. The number of rotatable bonds is 5. The minimum atomic E-state index is -1.50. The molecule has 0 unspecified atom stereocenters. The number of amides is 3. The van der Waals surface area contributed by atoms with Crippen LogP contribution in [0.15, 0.2) is 85.0 Å². The van der Waals surface area contributed by atoms with Gasteiger partial charge in [0.2, 0.25) is 17.7 Å². The van der Waals surface area contributed by atoms with E-state index in [1.165, 1.54) is 4.90 Å². The minimum Gasteiger partial charge on any atom is -0.455 e. The van der Waals surface area contributed by atoms with Gasteiger partial charge in [0, 0.05) is 19.0 Å². The molecule has 2 N–H and O–H groups in total. The second-order valence-corrected chi connectivity index (χ2v) is 12.8. The molecule has 0 saturated carbocycles. The van der Waals surface area contributed by atoms with Crippen molar-refractivity contribution in [2.45, 2.75) is 75.6 Å². The third kappa shape index (κ3) is 5.43. The van der Waals surface area contributed by atoms with Crippen LogP contribution in [0.5, 0.6) is 0 Å². The molecular weight excluding hydrogens is 586 g/mol. The number of esters is 1. The standard InChI is InChI=1S/C36H41N3O7/c1-22(2)38-20-12-19-36-30(33(42)39(32(36)34(38)43)26(21-40)24-13-6-4-7-14-24)29-27(46-36)17-10-11-18-28(41)37-23(3)31(45-35(29)44)25-15-8-5-9-16-25/h4-10,12-17,19,22-23,26-27,29-32,40H,11,18,20-21H2,1-3H3,(H,37,41)/b17-10-/t23-,26+,27-,29+,30+,31+,32-,36+/m0/s1. The Hall–Kier alpha value is -4.28. The zero-order valence-corrected chi connectivity index (χ0v) is 26.3. The monoisotopic (exact) mass is 627 g/mol. The summed E-state index contributed by atoms with van der Waals surface area (Å²) in [6, 6.07) is 15.5. The van der Waals surface area contributed by atoms with E-state index < -0.39 is 66.3 Å². The summed E-state index contributed by atoms with van der Waals surface area (Å²) in [5.74, 6) is -3.81. The summed E-state index contributed by atoms with van der Waals surface area (Å²) in [4.78, 5) is 59.7. The number of hydrogen-bond donors (Lipinski definition) is 2. The summed E-state index contributed by atoms with van der Waals surface area (Å²) >= 11 is 0. The Bertz CT molecular complexity index is 1530. The molecule has 4 heterocycles. The number of hydrogen-bond acceptors (Lipinski definition) is 7. The Morgan fingerprint density at radius 1 is 0.978 bits per heavy atom. The van der Waals surface area contributed by atoms with Crippen LogP contribution >= 0.6 is 0 Å². The molecule has 1 spiro atoms. The average molecular weight is 628 g/mol. The Morgan fingerprint density at radius 2 is 1.67 bits per heavy atom. The van der Waals surface area contributed by atoms with Gasteiger partial charge in [-0.15, -0.1) is 0 Å². The van der Waals surface area contributed by atoms with Gasteiger partial charge in [0.25, 0.3) is 0 Å². The number of benzene rings is 2. The highest BCUT2D eigenvalue weighted by Gasteiger charge is 2.72. The molecule has 46 heavy (non-hydrogen) atoms. The lowest BCUT2D eigenvalue weighted by atomic mass is 9.77. The molecule has 4 aliphatic rings. The maximum Gasteiger partial charge on any atom is 0.313 e. The second kappa shape index (κ2) is 12.8. The average Bonchev–Trinajstić information content (AvgIpc) is 3.43. The highest BCUT2D eigenvalue weighted by Crippen LogP contribution is 2.55. The van der Waals surface area contributed by atoms with E-state index in [1.807, 2.05) is 80.6 Å². The number of aliphatic hydroxyl groups excluding tert-OH is 1. The van der Waals surface area contributed by atoms with Crippen LogP contribution in [0.1, 0.15) is 56.9 Å². The van der Waals surface area contributed by atoms with Crippen LogP contribution in [0.25, 0.3) is 0 Å². The van der Waals surface area contributed by atoms with Crippen LogP contribution in [0.4, 0.5) is 0 Å². The van der Waals surface area contributed by atoms with Crippen molar-refractivity contribution in [3.63, 3.8) is 0 Å². The van der Waals surface area contributed by atoms with Crippen LogP contribution in [0.2, 0.25) is 0 Å². The van der Waals surface area contributed by atoms with Crippen molar-refractivity contribution < 1.29 is 33.8 Å². The molecule has 3 amide bonds. The number of ether oxygens (including phenoxy) is 2. The lowest BCUT2D eigenvalue weighted by molar-refractivity contribution is -0.162. The fourth-order valence-corrected chi connectivity index (χ4v) is 7.49. The van der Waals surface area contributed by atoms with Crippen molar-refractivity contribution in [1.29, 1.82) is 0 Å². The minimum absolute atomic E-state index is 0.176. The lowest BCUT2D eigenvalue weighted by Gasteiger charge is -2.39. The van der Waals surface area contributed by atoms with E-state index in [0.717, 1.165) is 0 Å². The van der Waals surface area contributed by atoms with Crippen molar-refractivity contribution >= 4 is 23.7 Å². The smallest absolute Gasteiger partial charge is 0.313 e. The molecule has 10 heteroatoms. The lowest BCUT2D eigenvalue weighted by Crippen LogP contribution is -2.57. The Kier molecular flexibility index (Phi) is 8.85. The first-order valence-corrected chi connectivity index (χ1v) is 16.0. The summed E-state index contributed by atoms with van der Waals surface area (Å²) in [6.07, 6.45) is 5.98. The number of carbonyl (C=O) groups is 4. The second-order valence-electron chi connectivity index (χ2n) is 12.8. The fourth-order valence-electron chi connectivity index (χ4n) is 7.49. The predicted molar refractivity (Wildman–Crippen MR) is 169 cm³/mol. The van der Waals surface area contributed by atoms with Gasteiger partial charge in [-0.1, -0.05) is 85.0 Å². The van der Waals surface area contributed by atoms with Gasteiger partial charge in [-0.25, -0.2) is 0 Å². The van der Waals surface area contributed by atoms with Gasteiger partial charge < -0.3 is 29.7 Å². The quantitative estimate of drug-likeness (QED) is 0.385. The summed E-state index contributed by atoms with van der Waals surface area (Å²) in [7, 11) is 0. The molecule has 0 radical (unpaired) electrons. The first-order valence-electron chi connectivity index (χ1n) is 16.0. The molecule has 8 atom stereocenters. The molecule has 0 aliphatic carbocycles. The molecular formula is C36H41N3O7. The number of allylic oxidation sites excluding steroid dienone is 1. The SMILES string of the molecule is CC(C)N1CC=C[C@@]23O[C@H]4/C=C\CCC(=O)N[C@@H](C)[C@H](c5ccccc5)OC(=O)[C@H]4[C@@H]2C(=O)N([C@H](CO)c2ccccc2)[C@H]3C1=O. The molecule has 2 saturated heterocycles. The van der Waals surface area contributed by atoms with Crippen molar-refractivity contribution in [2.24, 2.45) is 11.8 Å². The third-order valence-corrected chi connectivity index (χ3v) is 9.63. The van der Waals surface area contributed by atoms with E-state index in [1.54, 1.807) is 30.1 Å². The number of carbonyl (C=O) groups excluding carboxylic acids is 4. The van der Waals surface area contributed by atoms with Gasteiger partial charge in [0.05, 0.1) is 30.7 Å². The molecule has 10 nitrogen and oxygen atoms in total. The highest BCUT2D eigenvalue weighted by atomic mass is 16.6. The highest BCUT2D eigenvalue weighted by molar-refractivity contribution is 5.99. The maximum atomic E-state index is 14.8. The molecule has 6 rings (SSSR count). The van der Waals surface area contributed by atoms with Gasteiger partial charge in [-0.2, -0.15) is 0 Å². The predicted octanol–water partition coefficient (Wildman–Crippen LogP) is 3.25. The summed E-state index contributed by atoms with van der Waals surface area (Å²) in [6.45, 7) is 5.47. The fraction of sp³-hybridized carbons (Fsp3) is 0.444. The molecule has 0 bridgehead atoms. The number of cyclic esters (lactones) is 1. The van der Waals surface area contributed by atoms with Crippen LogP contribution < -0.4 is 5.32 Å². The molecule has 0 aromatic heterocycles. The number of likely N-dealkylation sites (tertiary alicyclic amines) is 1. The number of nitrogens with one attached hydrogen (secondary N) is 1. The van der Waals surface area contributed by atoms with Crippen molar-refractivity contribution in [2.75, 3.05) is 13.2 Å². The van der Waals surface area contributed by atoms with E-state index in [0.29, 0.717) is 24.1 Å². The third-order valence-electron chi connectivity index (χ3n) is 9.63. The number of nitrogens with zero attached hydrogens (tertiary/aromatic N) is 2. The van der Waals surface area contributed by atoms with E-state index in [4.69, 9.17) is 9.47 Å². The van der Waals surface area contributed by atoms with E-state index >= 15 is 0 Å². The summed E-state index contributed by atoms with van der Waals surface area (Å²) in [5, 5.41) is 13.7. The molecule has 2 fully saturated rings. The van der Waals surface area contributed by atoms with Gasteiger partial charge in [-0.3, -0.25) is 19.2 Å². The molecule has 2 aromatic rings. The van der Waals surface area contributed by atoms with Crippen molar-refractivity contribution in [3.8, 4) is 0 Å². The van der Waals surface area contributed by atoms with Crippen LogP contribution in [-0.4, -0.2) is 81.6 Å². The number of fused-ring (bicyclic) bond motifs is 2. The van der Waals surface area contributed by atoms with Crippen LogP contribution in [0, 0.1) is 11.8 Å². The van der Waals surface area contributed by atoms with Gasteiger partial charge in [0.15, 0.2) is 0 Å². The van der Waals surface area contributed by atoms with Crippen molar-refractivity contribution in [1.82, 2.24) is 15.1 Å². The van der Waals surface area contributed by atoms with Gasteiger partial charge in [0.1, 0.15) is 23.7 Å². The zero-order chi connectivity index (χ0) is 32.6. The molecule has 242 valence electrons. The first kappa shape index (κ1) is 31.7. The van der Waals surface area contributed by atoms with E-state index in [9.17, 15) is 24.3 Å². The van der Waals surface area contributed by atoms with Gasteiger partial charge in [-0.05, 0) is 38.3 Å². The van der Waals surface area contributed by atoms with Crippen LogP contribution in [0.3, 0.4) is 0 Å². The van der Waals surface area contributed by atoms with Gasteiger partial charge >= 0.3 is 5.97 Å². The van der Waals surface area contributed by atoms with E-state index in [2.05, 4.69) is 5.32 Å². The van der Waals surface area contributed by atoms with Crippen LogP contribution in [-0.2, 0) is 28.7 Å². The number of aliphatic hydroxyl groups is 1.